The highest BCUT2D eigenvalue weighted by Gasteiger charge is 2.29. The number of halogens is 2. The van der Waals surface area contributed by atoms with E-state index in [1.807, 2.05) is 13.0 Å². The molecule has 0 saturated carbocycles. The molecule has 0 fully saturated rings. The number of hydrogen-bond donors (Lipinski definition) is 2. The Kier molecular flexibility index (Phi) is 3.93. The van der Waals surface area contributed by atoms with Crippen LogP contribution in [-0.4, -0.2) is 15.6 Å². The van der Waals surface area contributed by atoms with E-state index in [4.69, 9.17) is 23.2 Å². The molecule has 1 unspecified atom stereocenters. The number of para-hydroxylation sites is 1. The predicted octanol–water partition coefficient (Wildman–Crippen LogP) is 4.38. The number of aromatic nitrogens is 1. The minimum absolute atomic E-state index is 0.0932. The smallest absolute Gasteiger partial charge is 0.268 e. The number of nitrogens with zero attached hydrogens (tertiary/aromatic N) is 1. The zero-order valence-electron chi connectivity index (χ0n) is 13.7. The minimum Gasteiger partial charge on any atom is -0.506 e. The fourth-order valence-corrected chi connectivity index (χ4v) is 3.84. The molecule has 2 N–H and O–H groups in total. The summed E-state index contributed by atoms with van der Waals surface area (Å²) in [7, 11) is 0. The van der Waals surface area contributed by atoms with Gasteiger partial charge >= 0.3 is 0 Å². The topological polar surface area (TPSA) is 71.3 Å². The fourth-order valence-electron chi connectivity index (χ4n) is 3.50. The lowest BCUT2D eigenvalue weighted by molar-refractivity contribution is 0.102. The Morgan fingerprint density at radius 2 is 2.04 bits per heavy atom. The van der Waals surface area contributed by atoms with E-state index in [1.165, 1.54) is 6.07 Å². The van der Waals surface area contributed by atoms with Gasteiger partial charge < -0.3 is 15.0 Å². The van der Waals surface area contributed by atoms with Crippen molar-refractivity contribution in [3.63, 3.8) is 0 Å². The van der Waals surface area contributed by atoms with Gasteiger partial charge in [0.2, 0.25) is 0 Å². The Morgan fingerprint density at radius 1 is 1.27 bits per heavy atom. The first-order chi connectivity index (χ1) is 12.4. The summed E-state index contributed by atoms with van der Waals surface area (Å²) >= 11 is 12.0. The Morgan fingerprint density at radius 3 is 2.81 bits per heavy atom. The van der Waals surface area contributed by atoms with E-state index in [1.54, 1.807) is 28.8 Å². The van der Waals surface area contributed by atoms with Crippen molar-refractivity contribution in [1.82, 2.24) is 4.57 Å². The summed E-state index contributed by atoms with van der Waals surface area (Å²) in [4.78, 5) is 25.7. The van der Waals surface area contributed by atoms with Gasteiger partial charge in [-0.2, -0.15) is 0 Å². The van der Waals surface area contributed by atoms with E-state index in [9.17, 15) is 14.7 Å². The Balaban J connectivity index is 1.89. The molecule has 0 bridgehead atoms. The summed E-state index contributed by atoms with van der Waals surface area (Å²) in [5.74, 6) is -1.06. The van der Waals surface area contributed by atoms with Crippen molar-refractivity contribution in [2.24, 2.45) is 0 Å². The third-order valence-corrected chi connectivity index (χ3v) is 5.21. The second-order valence-corrected chi connectivity index (χ2v) is 7.19. The summed E-state index contributed by atoms with van der Waals surface area (Å²) in [6, 6.07) is 9.95. The molecule has 2 heterocycles. The average molecular weight is 389 g/mol. The highest BCUT2D eigenvalue weighted by atomic mass is 35.5. The van der Waals surface area contributed by atoms with Crippen molar-refractivity contribution in [3.05, 3.63) is 67.9 Å². The van der Waals surface area contributed by atoms with Crippen LogP contribution in [0.25, 0.3) is 10.9 Å². The van der Waals surface area contributed by atoms with Crippen LogP contribution < -0.4 is 10.9 Å². The monoisotopic (exact) mass is 388 g/mol. The molecular formula is C19H14Cl2N2O3. The average Bonchev–Trinajstić information content (AvgIpc) is 2.93. The van der Waals surface area contributed by atoms with Crippen molar-refractivity contribution >= 4 is 45.7 Å². The van der Waals surface area contributed by atoms with Crippen molar-refractivity contribution in [1.29, 1.82) is 0 Å². The van der Waals surface area contributed by atoms with Gasteiger partial charge in [0.25, 0.3) is 11.5 Å². The number of rotatable bonds is 2. The van der Waals surface area contributed by atoms with Gasteiger partial charge in [0.05, 0.1) is 16.2 Å². The number of nitrogens with one attached hydrogen (secondary N) is 1. The Labute approximate surface area is 158 Å². The molecule has 1 aliphatic heterocycles. The van der Waals surface area contributed by atoms with Gasteiger partial charge in [0.1, 0.15) is 11.3 Å². The van der Waals surface area contributed by atoms with Gasteiger partial charge in [0, 0.05) is 16.5 Å². The van der Waals surface area contributed by atoms with Crippen LogP contribution in [0.4, 0.5) is 5.69 Å². The van der Waals surface area contributed by atoms with E-state index in [-0.39, 0.29) is 28.1 Å². The Bertz CT molecular complexity index is 1140. The van der Waals surface area contributed by atoms with Crippen LogP contribution in [0.2, 0.25) is 10.0 Å². The van der Waals surface area contributed by atoms with Crippen molar-refractivity contribution in [2.45, 2.75) is 19.4 Å². The van der Waals surface area contributed by atoms with Crippen LogP contribution in [0, 0.1) is 0 Å². The van der Waals surface area contributed by atoms with Gasteiger partial charge in [-0.25, -0.2) is 0 Å². The summed E-state index contributed by atoms with van der Waals surface area (Å²) in [5.41, 5.74) is 1.10. The van der Waals surface area contributed by atoms with Crippen LogP contribution in [0.5, 0.6) is 5.75 Å². The van der Waals surface area contributed by atoms with E-state index < -0.39 is 11.5 Å². The molecular weight excluding hydrogens is 375 g/mol. The predicted molar refractivity (Wildman–Crippen MR) is 103 cm³/mol. The number of carbonyl (C=O) groups excluding carboxylic acids is 1. The standard InChI is InChI=1S/C19H14Cl2N2O3/c1-9-7-10-3-2-4-12-16(10)23(9)19(26)15(17(12)24)18(25)22-14-8-11(20)5-6-13(14)21/h2-6,8-9,24H,7H2,1H3,(H,22,25). The van der Waals surface area contributed by atoms with Crippen molar-refractivity contribution < 1.29 is 9.90 Å². The van der Waals surface area contributed by atoms with Gasteiger partial charge in [-0.05, 0) is 43.2 Å². The number of carbonyl (C=O) groups is 1. The molecule has 0 aliphatic carbocycles. The van der Waals surface area contributed by atoms with Crippen LogP contribution in [0.1, 0.15) is 28.9 Å². The molecule has 3 aromatic rings. The maximum Gasteiger partial charge on any atom is 0.268 e. The summed E-state index contributed by atoms with van der Waals surface area (Å²) in [6.07, 6.45) is 0.678. The first-order valence-corrected chi connectivity index (χ1v) is 8.79. The molecule has 2 aromatic carbocycles. The third-order valence-electron chi connectivity index (χ3n) is 4.64. The fraction of sp³-hybridized carbons (Fsp3) is 0.158. The summed E-state index contributed by atoms with van der Waals surface area (Å²) < 4.78 is 1.57. The quantitative estimate of drug-likeness (QED) is 0.683. The molecule has 1 aliphatic rings. The number of anilines is 1. The van der Waals surface area contributed by atoms with Crippen LogP contribution in [-0.2, 0) is 6.42 Å². The van der Waals surface area contributed by atoms with E-state index in [0.717, 1.165) is 5.56 Å². The maximum absolute atomic E-state index is 12.9. The first kappa shape index (κ1) is 16.9. The number of aromatic hydroxyl groups is 1. The third kappa shape index (κ3) is 2.47. The largest absolute Gasteiger partial charge is 0.506 e. The molecule has 26 heavy (non-hydrogen) atoms. The Hall–Kier alpha value is -2.50. The van der Waals surface area contributed by atoms with Gasteiger partial charge in [0.15, 0.2) is 0 Å². The van der Waals surface area contributed by atoms with Gasteiger partial charge in [-0.15, -0.1) is 0 Å². The molecule has 5 nitrogen and oxygen atoms in total. The highest BCUT2D eigenvalue weighted by Crippen LogP contribution is 2.36. The minimum atomic E-state index is -0.730. The lowest BCUT2D eigenvalue weighted by atomic mass is 10.1. The van der Waals surface area contributed by atoms with E-state index in [2.05, 4.69) is 5.32 Å². The normalized spacial score (nSPS) is 15.4. The molecule has 1 amide bonds. The zero-order valence-corrected chi connectivity index (χ0v) is 15.2. The van der Waals surface area contributed by atoms with Crippen molar-refractivity contribution in [3.8, 4) is 5.75 Å². The summed E-state index contributed by atoms with van der Waals surface area (Å²) in [5, 5.41) is 14.4. The molecule has 0 saturated heterocycles. The second kappa shape index (κ2) is 6.04. The van der Waals surface area contributed by atoms with E-state index >= 15 is 0 Å². The molecule has 4 rings (SSSR count). The van der Waals surface area contributed by atoms with Gasteiger partial charge in [-0.1, -0.05) is 35.3 Å². The van der Waals surface area contributed by atoms with Crippen LogP contribution >= 0.6 is 23.2 Å². The zero-order chi connectivity index (χ0) is 18.6. The highest BCUT2D eigenvalue weighted by molar-refractivity contribution is 6.36. The SMILES string of the molecule is CC1Cc2cccc3c(O)c(C(=O)Nc4cc(Cl)ccc4Cl)c(=O)n1c23. The number of amides is 1. The molecule has 7 heteroatoms. The van der Waals surface area contributed by atoms with Crippen LogP contribution in [0.3, 0.4) is 0 Å². The molecule has 0 radical (unpaired) electrons. The maximum atomic E-state index is 12.9. The summed E-state index contributed by atoms with van der Waals surface area (Å²) in [6.45, 7) is 1.91. The lowest BCUT2D eigenvalue weighted by Gasteiger charge is -2.14. The number of pyridine rings is 1. The lowest BCUT2D eigenvalue weighted by Crippen LogP contribution is -2.30. The molecule has 1 atom stereocenters. The number of benzene rings is 2. The molecule has 0 spiro atoms. The van der Waals surface area contributed by atoms with Gasteiger partial charge in [-0.3, -0.25) is 9.59 Å². The van der Waals surface area contributed by atoms with Crippen LogP contribution in [0.15, 0.2) is 41.2 Å². The molecule has 132 valence electrons. The van der Waals surface area contributed by atoms with Crippen molar-refractivity contribution in [2.75, 3.05) is 5.32 Å². The molecule has 1 aromatic heterocycles. The van der Waals surface area contributed by atoms with E-state index in [0.29, 0.717) is 22.3 Å². The first-order valence-electron chi connectivity index (χ1n) is 8.04. The second-order valence-electron chi connectivity index (χ2n) is 6.34. The number of hydrogen-bond acceptors (Lipinski definition) is 3.